The van der Waals surface area contributed by atoms with Gasteiger partial charge in [-0.05, 0) is 24.3 Å². The van der Waals surface area contributed by atoms with E-state index in [2.05, 4.69) is 0 Å². The van der Waals surface area contributed by atoms with Gasteiger partial charge in [0.15, 0.2) is 11.5 Å². The van der Waals surface area contributed by atoms with Crippen LogP contribution in [0.2, 0.25) is 0 Å². The van der Waals surface area contributed by atoms with Crippen molar-refractivity contribution < 1.29 is 19.0 Å². The topological polar surface area (TPSA) is 44.8 Å². The fraction of sp³-hybridized carbons (Fsp3) is 0.188. The molecule has 0 bridgehead atoms. The first-order chi connectivity index (χ1) is 9.83. The Kier molecular flexibility index (Phi) is 3.29. The molecule has 4 heteroatoms. The number of fused-ring (bicyclic) bond motifs is 1. The zero-order valence-electron chi connectivity index (χ0n) is 11.1. The third-order valence-electron chi connectivity index (χ3n) is 3.22. The minimum Gasteiger partial charge on any atom is -0.496 e. The first-order valence-corrected chi connectivity index (χ1v) is 6.35. The summed E-state index contributed by atoms with van der Waals surface area (Å²) >= 11 is 0. The Morgan fingerprint density at radius 2 is 1.95 bits per heavy atom. The van der Waals surface area contributed by atoms with Gasteiger partial charge in [-0.2, -0.15) is 0 Å². The molecule has 0 spiro atoms. The standard InChI is InChI=1S/C16H14O4/c1-18-14-6-5-11(10-17)9-13(14)12-3-2-4-15-16(12)20-8-7-19-15/h2-6,9-10H,7-8H2,1H3. The van der Waals surface area contributed by atoms with E-state index in [4.69, 9.17) is 14.2 Å². The van der Waals surface area contributed by atoms with Crippen LogP contribution in [0.15, 0.2) is 36.4 Å². The molecular formula is C16H14O4. The van der Waals surface area contributed by atoms with E-state index in [1.165, 1.54) is 0 Å². The van der Waals surface area contributed by atoms with E-state index in [1.54, 1.807) is 25.3 Å². The molecule has 1 aliphatic heterocycles. The van der Waals surface area contributed by atoms with Crippen molar-refractivity contribution in [1.29, 1.82) is 0 Å². The van der Waals surface area contributed by atoms with Gasteiger partial charge in [0.2, 0.25) is 0 Å². The minimum atomic E-state index is 0.514. The number of methoxy groups -OCH3 is 1. The van der Waals surface area contributed by atoms with E-state index in [0.717, 1.165) is 17.4 Å². The lowest BCUT2D eigenvalue weighted by molar-refractivity contribution is 0.112. The largest absolute Gasteiger partial charge is 0.496 e. The highest BCUT2D eigenvalue weighted by Gasteiger charge is 2.19. The first kappa shape index (κ1) is 12.5. The average Bonchev–Trinajstić information content (AvgIpc) is 2.53. The molecule has 20 heavy (non-hydrogen) atoms. The molecule has 0 fully saturated rings. The summed E-state index contributed by atoms with van der Waals surface area (Å²) < 4.78 is 16.7. The monoisotopic (exact) mass is 270 g/mol. The number of aldehydes is 1. The molecule has 0 atom stereocenters. The number of benzene rings is 2. The molecule has 102 valence electrons. The van der Waals surface area contributed by atoms with Crippen molar-refractivity contribution in [3.8, 4) is 28.4 Å². The molecule has 0 amide bonds. The Bertz CT molecular complexity index is 649. The normalized spacial score (nSPS) is 12.8. The summed E-state index contributed by atoms with van der Waals surface area (Å²) in [6.07, 6.45) is 0.815. The van der Waals surface area contributed by atoms with Gasteiger partial charge >= 0.3 is 0 Å². The van der Waals surface area contributed by atoms with Crippen molar-refractivity contribution in [1.82, 2.24) is 0 Å². The van der Waals surface area contributed by atoms with Gasteiger partial charge in [-0.25, -0.2) is 0 Å². The summed E-state index contributed by atoms with van der Waals surface area (Å²) in [7, 11) is 1.60. The highest BCUT2D eigenvalue weighted by Crippen LogP contribution is 2.43. The molecule has 0 unspecified atom stereocenters. The van der Waals surface area contributed by atoms with Gasteiger partial charge in [-0.15, -0.1) is 0 Å². The van der Waals surface area contributed by atoms with Crippen LogP contribution >= 0.6 is 0 Å². The fourth-order valence-corrected chi connectivity index (χ4v) is 2.30. The number of rotatable bonds is 3. The molecule has 2 aromatic rings. The number of carbonyl (C=O) groups is 1. The fourth-order valence-electron chi connectivity index (χ4n) is 2.30. The lowest BCUT2D eigenvalue weighted by Gasteiger charge is -2.21. The van der Waals surface area contributed by atoms with Crippen molar-refractivity contribution >= 4 is 6.29 Å². The van der Waals surface area contributed by atoms with Crippen molar-refractivity contribution in [2.75, 3.05) is 20.3 Å². The zero-order valence-corrected chi connectivity index (χ0v) is 11.1. The molecule has 2 aromatic carbocycles. The molecule has 0 N–H and O–H groups in total. The van der Waals surface area contributed by atoms with Gasteiger partial charge in [0, 0.05) is 16.7 Å². The highest BCUT2D eigenvalue weighted by molar-refractivity contribution is 5.84. The van der Waals surface area contributed by atoms with Gasteiger partial charge in [0.25, 0.3) is 0 Å². The molecule has 0 radical (unpaired) electrons. The molecular weight excluding hydrogens is 256 g/mol. The third kappa shape index (κ3) is 2.09. The van der Waals surface area contributed by atoms with E-state index in [0.29, 0.717) is 36.0 Å². The lowest BCUT2D eigenvalue weighted by Crippen LogP contribution is -2.15. The van der Waals surface area contributed by atoms with E-state index < -0.39 is 0 Å². The maximum Gasteiger partial charge on any atom is 0.169 e. The van der Waals surface area contributed by atoms with Crippen molar-refractivity contribution in [2.24, 2.45) is 0 Å². The summed E-state index contributed by atoms with van der Waals surface area (Å²) in [5, 5.41) is 0. The Morgan fingerprint density at radius 1 is 1.10 bits per heavy atom. The number of ether oxygens (including phenoxy) is 3. The van der Waals surface area contributed by atoms with Crippen molar-refractivity contribution in [2.45, 2.75) is 0 Å². The molecule has 3 rings (SSSR count). The average molecular weight is 270 g/mol. The Balaban J connectivity index is 2.20. The Morgan fingerprint density at radius 3 is 2.75 bits per heavy atom. The van der Waals surface area contributed by atoms with Crippen molar-refractivity contribution in [3.63, 3.8) is 0 Å². The lowest BCUT2D eigenvalue weighted by atomic mass is 10.0. The van der Waals surface area contributed by atoms with Crippen molar-refractivity contribution in [3.05, 3.63) is 42.0 Å². The highest BCUT2D eigenvalue weighted by atomic mass is 16.6. The molecule has 0 saturated carbocycles. The SMILES string of the molecule is COc1ccc(C=O)cc1-c1cccc2c1OCCO2. The third-order valence-corrected chi connectivity index (χ3v) is 3.22. The summed E-state index contributed by atoms with van der Waals surface area (Å²) in [5.74, 6) is 2.10. The van der Waals surface area contributed by atoms with Gasteiger partial charge < -0.3 is 14.2 Å². The molecule has 1 heterocycles. The van der Waals surface area contributed by atoms with Crippen LogP contribution in [-0.2, 0) is 0 Å². The molecule has 0 aliphatic carbocycles. The minimum absolute atomic E-state index is 0.514. The number of carbonyl (C=O) groups excluding carboxylic acids is 1. The van der Waals surface area contributed by atoms with E-state index in [-0.39, 0.29) is 0 Å². The van der Waals surface area contributed by atoms with Crippen LogP contribution in [0.5, 0.6) is 17.2 Å². The summed E-state index contributed by atoms with van der Waals surface area (Å²) in [4.78, 5) is 11.0. The van der Waals surface area contributed by atoms with E-state index >= 15 is 0 Å². The molecule has 1 aliphatic rings. The maximum atomic E-state index is 11.0. The number of hydrogen-bond acceptors (Lipinski definition) is 4. The van der Waals surface area contributed by atoms with Gasteiger partial charge in [0.05, 0.1) is 7.11 Å². The van der Waals surface area contributed by atoms with Crippen LogP contribution in [0.3, 0.4) is 0 Å². The number of para-hydroxylation sites is 1. The predicted octanol–water partition coefficient (Wildman–Crippen LogP) is 2.95. The predicted molar refractivity (Wildman–Crippen MR) is 74.8 cm³/mol. The van der Waals surface area contributed by atoms with Crippen LogP contribution in [0, 0.1) is 0 Å². The first-order valence-electron chi connectivity index (χ1n) is 6.35. The second-order valence-corrected chi connectivity index (χ2v) is 4.41. The summed E-state index contributed by atoms with van der Waals surface area (Å²) in [5.41, 5.74) is 2.28. The Labute approximate surface area is 116 Å². The van der Waals surface area contributed by atoms with E-state index in [9.17, 15) is 4.79 Å². The smallest absolute Gasteiger partial charge is 0.169 e. The summed E-state index contributed by atoms with van der Waals surface area (Å²) in [6, 6.07) is 11.0. The molecule has 4 nitrogen and oxygen atoms in total. The Hall–Kier alpha value is -2.49. The van der Waals surface area contributed by atoms with Crippen LogP contribution in [0.25, 0.3) is 11.1 Å². The summed E-state index contributed by atoms with van der Waals surface area (Å²) in [6.45, 7) is 1.06. The second-order valence-electron chi connectivity index (χ2n) is 4.41. The van der Waals surface area contributed by atoms with E-state index in [1.807, 2.05) is 18.2 Å². The zero-order chi connectivity index (χ0) is 13.9. The van der Waals surface area contributed by atoms with Crippen LogP contribution in [0.1, 0.15) is 10.4 Å². The maximum absolute atomic E-state index is 11.0. The van der Waals surface area contributed by atoms with Gasteiger partial charge in [0.1, 0.15) is 25.2 Å². The molecule has 0 aromatic heterocycles. The molecule has 0 saturated heterocycles. The number of hydrogen-bond donors (Lipinski definition) is 0. The van der Waals surface area contributed by atoms with Gasteiger partial charge in [-0.3, -0.25) is 4.79 Å². The second kappa shape index (κ2) is 5.25. The van der Waals surface area contributed by atoms with Crippen LogP contribution < -0.4 is 14.2 Å². The van der Waals surface area contributed by atoms with Crippen LogP contribution in [-0.4, -0.2) is 26.6 Å². The van der Waals surface area contributed by atoms with Gasteiger partial charge in [-0.1, -0.05) is 12.1 Å². The quantitative estimate of drug-likeness (QED) is 0.804. The van der Waals surface area contributed by atoms with Crippen LogP contribution in [0.4, 0.5) is 0 Å².